The number of halogens is 2. The molecule has 2 aromatic carbocycles. The second kappa shape index (κ2) is 5.51. The smallest absolute Gasteiger partial charge is 0.119 e. The van der Waals surface area contributed by atoms with Crippen molar-refractivity contribution in [3.63, 3.8) is 0 Å². The number of benzene rings is 2. The number of nitrogens with zero attached hydrogens (tertiary/aromatic N) is 1. The minimum atomic E-state index is 0.623. The largest absolute Gasteiger partial charge is 0.497 e. The molecule has 0 aromatic heterocycles. The summed E-state index contributed by atoms with van der Waals surface area (Å²) in [5.41, 5.74) is 1.98. The third-order valence-corrected chi connectivity index (χ3v) is 3.13. The van der Waals surface area contributed by atoms with Gasteiger partial charge < -0.3 is 9.64 Å². The normalized spacial score (nSPS) is 10.2. The van der Waals surface area contributed by atoms with Gasteiger partial charge in [0.05, 0.1) is 7.11 Å². The summed E-state index contributed by atoms with van der Waals surface area (Å²) >= 11 is 12.0. The van der Waals surface area contributed by atoms with Gasteiger partial charge in [-0.15, -0.1) is 0 Å². The Morgan fingerprint density at radius 2 is 1.44 bits per heavy atom. The first kappa shape index (κ1) is 13.1. The fourth-order valence-corrected chi connectivity index (χ4v) is 2.20. The lowest BCUT2D eigenvalue weighted by atomic mass is 10.2. The maximum absolute atomic E-state index is 6.00. The van der Waals surface area contributed by atoms with Crippen LogP contribution in [0.4, 0.5) is 11.4 Å². The fourth-order valence-electron chi connectivity index (χ4n) is 1.69. The number of hydrogen-bond donors (Lipinski definition) is 0. The molecule has 0 aliphatic heterocycles. The summed E-state index contributed by atoms with van der Waals surface area (Å²) in [6.45, 7) is 0. The van der Waals surface area contributed by atoms with Gasteiger partial charge in [0.25, 0.3) is 0 Å². The van der Waals surface area contributed by atoms with Crippen LogP contribution in [-0.2, 0) is 0 Å². The van der Waals surface area contributed by atoms with E-state index in [4.69, 9.17) is 27.9 Å². The van der Waals surface area contributed by atoms with Gasteiger partial charge in [0.15, 0.2) is 0 Å². The Morgan fingerprint density at radius 1 is 0.889 bits per heavy atom. The van der Waals surface area contributed by atoms with Gasteiger partial charge in [-0.25, -0.2) is 0 Å². The first-order chi connectivity index (χ1) is 8.60. The maximum atomic E-state index is 6.00. The van der Waals surface area contributed by atoms with Crippen molar-refractivity contribution < 1.29 is 4.74 Å². The molecular weight excluding hydrogens is 269 g/mol. The number of ether oxygens (including phenoxy) is 1. The van der Waals surface area contributed by atoms with Gasteiger partial charge in [0, 0.05) is 28.5 Å². The number of anilines is 2. The third-order valence-electron chi connectivity index (χ3n) is 2.69. The lowest BCUT2D eigenvalue weighted by molar-refractivity contribution is 0.415. The van der Waals surface area contributed by atoms with Crippen LogP contribution in [0.2, 0.25) is 10.0 Å². The zero-order valence-electron chi connectivity index (χ0n) is 10.2. The van der Waals surface area contributed by atoms with Crippen molar-refractivity contribution in [1.82, 2.24) is 0 Å². The first-order valence-electron chi connectivity index (χ1n) is 5.44. The quantitative estimate of drug-likeness (QED) is 0.804. The van der Waals surface area contributed by atoms with Gasteiger partial charge in [-0.2, -0.15) is 0 Å². The molecule has 0 saturated carbocycles. The van der Waals surface area contributed by atoms with Crippen LogP contribution in [-0.4, -0.2) is 14.2 Å². The summed E-state index contributed by atoms with van der Waals surface area (Å²) in [6.07, 6.45) is 0. The molecule has 0 saturated heterocycles. The Hall–Kier alpha value is -1.38. The van der Waals surface area contributed by atoms with Gasteiger partial charge in [-0.05, 0) is 42.5 Å². The van der Waals surface area contributed by atoms with E-state index in [0.717, 1.165) is 17.1 Å². The van der Waals surface area contributed by atoms with E-state index < -0.39 is 0 Å². The lowest BCUT2D eigenvalue weighted by Crippen LogP contribution is -2.09. The molecule has 0 N–H and O–H groups in total. The highest BCUT2D eigenvalue weighted by atomic mass is 35.5. The molecule has 0 bridgehead atoms. The standard InChI is InChI=1S/C14H13Cl2NO/c1-17(12-3-5-14(18-2)6-4-12)13-8-10(15)7-11(16)9-13/h3-9H,1-2H3. The van der Waals surface area contributed by atoms with E-state index in [1.54, 1.807) is 13.2 Å². The molecule has 0 radical (unpaired) electrons. The predicted molar refractivity (Wildman–Crippen MR) is 77.5 cm³/mol. The van der Waals surface area contributed by atoms with E-state index in [9.17, 15) is 0 Å². The number of hydrogen-bond acceptors (Lipinski definition) is 2. The Morgan fingerprint density at radius 3 is 1.94 bits per heavy atom. The van der Waals surface area contributed by atoms with Gasteiger partial charge >= 0.3 is 0 Å². The summed E-state index contributed by atoms with van der Waals surface area (Å²) in [6, 6.07) is 13.3. The van der Waals surface area contributed by atoms with Crippen molar-refractivity contribution in [2.75, 3.05) is 19.1 Å². The van der Waals surface area contributed by atoms with Gasteiger partial charge in [-0.1, -0.05) is 23.2 Å². The Balaban J connectivity index is 2.31. The molecule has 0 fully saturated rings. The minimum absolute atomic E-state index is 0.623. The first-order valence-corrected chi connectivity index (χ1v) is 6.19. The van der Waals surface area contributed by atoms with E-state index in [-0.39, 0.29) is 0 Å². The average molecular weight is 282 g/mol. The van der Waals surface area contributed by atoms with Crippen molar-refractivity contribution >= 4 is 34.6 Å². The fraction of sp³-hybridized carbons (Fsp3) is 0.143. The highest BCUT2D eigenvalue weighted by Crippen LogP contribution is 2.30. The second-order valence-corrected chi connectivity index (χ2v) is 4.76. The third kappa shape index (κ3) is 2.89. The molecule has 0 unspecified atom stereocenters. The zero-order chi connectivity index (χ0) is 13.1. The number of methoxy groups -OCH3 is 1. The van der Waals surface area contributed by atoms with Crippen LogP contribution in [0.15, 0.2) is 42.5 Å². The molecule has 2 rings (SSSR count). The molecule has 0 spiro atoms. The van der Waals surface area contributed by atoms with Crippen LogP contribution in [0.25, 0.3) is 0 Å². The Kier molecular flexibility index (Phi) is 4.00. The maximum Gasteiger partial charge on any atom is 0.119 e. The molecular formula is C14H13Cl2NO. The van der Waals surface area contributed by atoms with Crippen molar-refractivity contribution in [1.29, 1.82) is 0 Å². The molecule has 2 nitrogen and oxygen atoms in total. The topological polar surface area (TPSA) is 12.5 Å². The molecule has 0 atom stereocenters. The van der Waals surface area contributed by atoms with Gasteiger partial charge in [0.1, 0.15) is 5.75 Å². The Bertz CT molecular complexity index is 520. The van der Waals surface area contributed by atoms with Crippen molar-refractivity contribution in [3.05, 3.63) is 52.5 Å². The Labute approximate surface area is 117 Å². The summed E-state index contributed by atoms with van der Waals surface area (Å²) in [5.74, 6) is 0.830. The summed E-state index contributed by atoms with van der Waals surface area (Å²) in [7, 11) is 3.61. The lowest BCUT2D eigenvalue weighted by Gasteiger charge is -2.20. The molecule has 4 heteroatoms. The molecule has 2 aromatic rings. The van der Waals surface area contributed by atoms with Crippen LogP contribution in [0, 0.1) is 0 Å². The van der Waals surface area contributed by atoms with Crippen LogP contribution in [0.5, 0.6) is 5.75 Å². The van der Waals surface area contributed by atoms with Crippen molar-refractivity contribution in [3.8, 4) is 5.75 Å². The number of rotatable bonds is 3. The van der Waals surface area contributed by atoms with Crippen LogP contribution >= 0.6 is 23.2 Å². The average Bonchev–Trinajstić information content (AvgIpc) is 2.37. The molecule has 0 aliphatic rings. The highest BCUT2D eigenvalue weighted by Gasteiger charge is 2.06. The zero-order valence-corrected chi connectivity index (χ0v) is 11.7. The van der Waals surface area contributed by atoms with Crippen molar-refractivity contribution in [2.24, 2.45) is 0 Å². The van der Waals surface area contributed by atoms with Crippen LogP contribution in [0.1, 0.15) is 0 Å². The van der Waals surface area contributed by atoms with E-state index >= 15 is 0 Å². The molecule has 0 amide bonds. The molecule has 94 valence electrons. The highest BCUT2D eigenvalue weighted by molar-refractivity contribution is 6.35. The second-order valence-electron chi connectivity index (χ2n) is 3.88. The van der Waals surface area contributed by atoms with E-state index in [2.05, 4.69) is 0 Å². The van der Waals surface area contributed by atoms with Crippen LogP contribution < -0.4 is 9.64 Å². The summed E-state index contributed by atoms with van der Waals surface area (Å²) < 4.78 is 5.13. The predicted octanol–water partition coefficient (Wildman–Crippen LogP) is 4.77. The summed E-state index contributed by atoms with van der Waals surface area (Å²) in [5, 5.41) is 1.25. The van der Waals surface area contributed by atoms with Gasteiger partial charge in [-0.3, -0.25) is 0 Å². The van der Waals surface area contributed by atoms with Crippen molar-refractivity contribution in [2.45, 2.75) is 0 Å². The monoisotopic (exact) mass is 281 g/mol. The van der Waals surface area contributed by atoms with E-state index in [0.29, 0.717) is 10.0 Å². The van der Waals surface area contributed by atoms with E-state index in [1.165, 1.54) is 0 Å². The molecule has 18 heavy (non-hydrogen) atoms. The molecule has 0 heterocycles. The van der Waals surface area contributed by atoms with Crippen LogP contribution in [0.3, 0.4) is 0 Å². The minimum Gasteiger partial charge on any atom is -0.497 e. The van der Waals surface area contributed by atoms with E-state index in [1.807, 2.05) is 48.3 Å². The summed E-state index contributed by atoms with van der Waals surface area (Å²) in [4.78, 5) is 2.01. The van der Waals surface area contributed by atoms with Gasteiger partial charge in [0.2, 0.25) is 0 Å². The SMILES string of the molecule is COc1ccc(N(C)c2cc(Cl)cc(Cl)c2)cc1. The molecule has 0 aliphatic carbocycles.